The molecule has 0 spiro atoms. The van der Waals surface area contributed by atoms with Gasteiger partial charge in [-0.1, -0.05) is 17.7 Å². The Kier molecular flexibility index (Phi) is 6.93. The topological polar surface area (TPSA) is 67.4 Å². The zero-order valence-corrected chi connectivity index (χ0v) is 14.6. The summed E-state index contributed by atoms with van der Waals surface area (Å²) in [7, 11) is 1.30. The molecule has 24 heavy (non-hydrogen) atoms. The number of thiocarbonyl (C=S) groups is 1. The maximum atomic E-state index is 12.2. The molecule has 1 aliphatic carbocycles. The van der Waals surface area contributed by atoms with Gasteiger partial charge in [-0.3, -0.25) is 10.1 Å². The lowest BCUT2D eigenvalue weighted by molar-refractivity contribution is 0.0600. The quantitative estimate of drug-likeness (QED) is 0.487. The van der Waals surface area contributed by atoms with Crippen molar-refractivity contribution in [2.75, 3.05) is 13.7 Å². The maximum absolute atomic E-state index is 12.2. The fourth-order valence-electron chi connectivity index (χ4n) is 2.59. The van der Waals surface area contributed by atoms with Crippen LogP contribution in [0.15, 0.2) is 35.9 Å². The second kappa shape index (κ2) is 9.17. The molecule has 0 aliphatic heterocycles. The van der Waals surface area contributed by atoms with E-state index >= 15 is 0 Å². The van der Waals surface area contributed by atoms with Crippen molar-refractivity contribution in [3.63, 3.8) is 0 Å². The lowest BCUT2D eigenvalue weighted by atomic mass is 9.97. The number of methoxy groups -OCH3 is 1. The first-order valence-corrected chi connectivity index (χ1v) is 8.46. The number of benzene rings is 1. The van der Waals surface area contributed by atoms with Gasteiger partial charge in [-0.05, 0) is 62.5 Å². The minimum Gasteiger partial charge on any atom is -0.465 e. The zero-order valence-electron chi connectivity index (χ0n) is 13.8. The van der Waals surface area contributed by atoms with Crippen LogP contribution >= 0.6 is 12.2 Å². The molecule has 1 aromatic rings. The third-order valence-electron chi connectivity index (χ3n) is 3.89. The molecule has 6 heteroatoms. The van der Waals surface area contributed by atoms with Crippen LogP contribution in [0.1, 0.15) is 52.8 Å². The number of carbonyl (C=O) groups excluding carboxylic acids is 2. The van der Waals surface area contributed by atoms with Crippen LogP contribution in [-0.2, 0) is 4.74 Å². The van der Waals surface area contributed by atoms with Gasteiger partial charge in [0.2, 0.25) is 0 Å². The average molecular weight is 346 g/mol. The smallest absolute Gasteiger partial charge is 0.337 e. The Morgan fingerprint density at radius 3 is 2.75 bits per heavy atom. The highest BCUT2D eigenvalue weighted by Crippen LogP contribution is 2.19. The van der Waals surface area contributed by atoms with Crippen molar-refractivity contribution in [3.05, 3.63) is 47.0 Å². The minimum atomic E-state index is -0.480. The first-order chi connectivity index (χ1) is 11.6. The molecule has 0 saturated heterocycles. The highest BCUT2D eigenvalue weighted by Gasteiger charge is 2.12. The number of hydrogen-bond donors (Lipinski definition) is 2. The van der Waals surface area contributed by atoms with Crippen molar-refractivity contribution >= 4 is 29.2 Å². The fourth-order valence-corrected chi connectivity index (χ4v) is 2.79. The molecule has 0 unspecified atom stereocenters. The van der Waals surface area contributed by atoms with Crippen molar-refractivity contribution in [1.82, 2.24) is 10.6 Å². The van der Waals surface area contributed by atoms with E-state index in [4.69, 9.17) is 12.2 Å². The van der Waals surface area contributed by atoms with E-state index in [1.165, 1.54) is 31.6 Å². The van der Waals surface area contributed by atoms with E-state index in [2.05, 4.69) is 21.4 Å². The molecule has 0 atom stereocenters. The Balaban J connectivity index is 1.81. The molecule has 0 radical (unpaired) electrons. The molecule has 1 amide bonds. The lowest BCUT2D eigenvalue weighted by Gasteiger charge is -2.14. The van der Waals surface area contributed by atoms with E-state index < -0.39 is 5.97 Å². The van der Waals surface area contributed by atoms with Crippen LogP contribution in [0.25, 0.3) is 0 Å². The fraction of sp³-hybridized carbons (Fsp3) is 0.389. The summed E-state index contributed by atoms with van der Waals surface area (Å²) in [4.78, 5) is 23.7. The molecule has 2 rings (SSSR count). The van der Waals surface area contributed by atoms with Gasteiger partial charge in [0.1, 0.15) is 0 Å². The number of allylic oxidation sites excluding steroid dienone is 1. The number of rotatable bonds is 5. The van der Waals surface area contributed by atoms with E-state index in [9.17, 15) is 9.59 Å². The first kappa shape index (κ1) is 18.1. The number of ether oxygens (including phenoxy) is 1. The predicted molar refractivity (Wildman–Crippen MR) is 97.0 cm³/mol. The Bertz CT molecular complexity index is 655. The third kappa shape index (κ3) is 5.45. The third-order valence-corrected chi connectivity index (χ3v) is 4.14. The van der Waals surface area contributed by atoms with E-state index in [-0.39, 0.29) is 5.91 Å². The van der Waals surface area contributed by atoms with E-state index in [1.807, 2.05) is 0 Å². The molecule has 0 fully saturated rings. The summed E-state index contributed by atoms with van der Waals surface area (Å²) in [5.41, 5.74) is 2.14. The van der Waals surface area contributed by atoms with Crippen molar-refractivity contribution in [1.29, 1.82) is 0 Å². The zero-order chi connectivity index (χ0) is 17.4. The van der Waals surface area contributed by atoms with Gasteiger partial charge in [0, 0.05) is 12.1 Å². The Morgan fingerprint density at radius 1 is 1.25 bits per heavy atom. The van der Waals surface area contributed by atoms with Gasteiger partial charge in [0.15, 0.2) is 5.11 Å². The summed E-state index contributed by atoms with van der Waals surface area (Å²) in [5, 5.41) is 5.97. The SMILES string of the molecule is COC(=O)c1cccc(C(=O)NC(=S)NCCC2=CCCCC2)c1. The van der Waals surface area contributed by atoms with Gasteiger partial charge in [-0.15, -0.1) is 0 Å². The predicted octanol–water partition coefficient (Wildman–Crippen LogP) is 2.97. The van der Waals surface area contributed by atoms with Gasteiger partial charge in [0.25, 0.3) is 5.91 Å². The highest BCUT2D eigenvalue weighted by molar-refractivity contribution is 7.80. The van der Waals surface area contributed by atoms with Crippen molar-refractivity contribution in [2.24, 2.45) is 0 Å². The number of amides is 1. The molecule has 1 aromatic carbocycles. The highest BCUT2D eigenvalue weighted by atomic mass is 32.1. The summed E-state index contributed by atoms with van der Waals surface area (Å²) in [5.74, 6) is -0.832. The van der Waals surface area contributed by atoms with Crippen molar-refractivity contribution in [2.45, 2.75) is 32.1 Å². The Morgan fingerprint density at radius 2 is 2.04 bits per heavy atom. The normalized spacial score (nSPS) is 13.6. The molecular weight excluding hydrogens is 324 g/mol. The molecule has 0 saturated carbocycles. The van der Waals surface area contributed by atoms with Crippen LogP contribution in [0.2, 0.25) is 0 Å². The number of carbonyl (C=O) groups is 2. The van der Waals surface area contributed by atoms with E-state index in [0.29, 0.717) is 22.8 Å². The van der Waals surface area contributed by atoms with E-state index in [1.54, 1.807) is 18.2 Å². The molecule has 5 nitrogen and oxygen atoms in total. The minimum absolute atomic E-state index is 0.292. The lowest BCUT2D eigenvalue weighted by Crippen LogP contribution is -2.39. The summed E-state index contributed by atoms with van der Waals surface area (Å²) in [6.45, 7) is 0.702. The number of nitrogens with one attached hydrogen (secondary N) is 2. The monoisotopic (exact) mass is 346 g/mol. The summed E-state index contributed by atoms with van der Waals surface area (Å²) >= 11 is 5.15. The van der Waals surface area contributed by atoms with Crippen molar-refractivity contribution in [3.8, 4) is 0 Å². The second-order valence-corrected chi connectivity index (χ2v) is 6.05. The standard InChI is InChI=1S/C18H22N2O3S/c1-23-17(22)15-9-5-8-14(12-15)16(21)20-18(24)19-11-10-13-6-3-2-4-7-13/h5-6,8-9,12H,2-4,7,10-11H2,1H3,(H2,19,20,21,24). The van der Waals surface area contributed by atoms with Gasteiger partial charge in [-0.2, -0.15) is 0 Å². The van der Waals surface area contributed by atoms with Gasteiger partial charge in [-0.25, -0.2) is 4.79 Å². The van der Waals surface area contributed by atoms with Gasteiger partial charge < -0.3 is 10.1 Å². The largest absolute Gasteiger partial charge is 0.465 e. The van der Waals surface area contributed by atoms with Crippen LogP contribution in [0.3, 0.4) is 0 Å². The molecule has 0 heterocycles. The molecule has 128 valence electrons. The molecule has 1 aliphatic rings. The number of esters is 1. The Labute approximate surface area is 147 Å². The van der Waals surface area contributed by atoms with E-state index in [0.717, 1.165) is 19.3 Å². The summed E-state index contributed by atoms with van der Waals surface area (Å²) in [6.07, 6.45) is 8.08. The van der Waals surface area contributed by atoms with Crippen LogP contribution in [-0.4, -0.2) is 30.6 Å². The molecule has 2 N–H and O–H groups in total. The van der Waals surface area contributed by atoms with Crippen LogP contribution in [0.5, 0.6) is 0 Å². The van der Waals surface area contributed by atoms with Crippen LogP contribution < -0.4 is 10.6 Å². The summed E-state index contributed by atoms with van der Waals surface area (Å²) < 4.78 is 4.65. The van der Waals surface area contributed by atoms with Crippen LogP contribution in [0, 0.1) is 0 Å². The number of hydrogen-bond acceptors (Lipinski definition) is 4. The molecule has 0 aromatic heterocycles. The van der Waals surface area contributed by atoms with Gasteiger partial charge in [0.05, 0.1) is 12.7 Å². The summed E-state index contributed by atoms with van der Waals surface area (Å²) in [6, 6.07) is 6.33. The second-order valence-electron chi connectivity index (χ2n) is 5.64. The first-order valence-electron chi connectivity index (χ1n) is 8.05. The van der Waals surface area contributed by atoms with Crippen LogP contribution in [0.4, 0.5) is 0 Å². The van der Waals surface area contributed by atoms with Gasteiger partial charge >= 0.3 is 5.97 Å². The average Bonchev–Trinajstić information content (AvgIpc) is 2.62. The Hall–Kier alpha value is -2.21. The molecule has 0 bridgehead atoms. The maximum Gasteiger partial charge on any atom is 0.337 e. The molecular formula is C18H22N2O3S. The van der Waals surface area contributed by atoms with Crippen molar-refractivity contribution < 1.29 is 14.3 Å².